The molecule has 0 radical (unpaired) electrons. The molecular weight excluding hydrogens is 801 g/mol. The van der Waals surface area contributed by atoms with Gasteiger partial charge in [0.05, 0.1) is 74.5 Å². The van der Waals surface area contributed by atoms with Crippen LogP contribution in [0.2, 0.25) is 0 Å². The fourth-order valence-corrected chi connectivity index (χ4v) is 12.6. The second-order valence-electron chi connectivity index (χ2n) is 20.6. The van der Waals surface area contributed by atoms with Gasteiger partial charge in [-0.1, -0.05) is 38.5 Å². The monoisotopic (exact) mass is 877 g/mol. The van der Waals surface area contributed by atoms with Crippen molar-refractivity contribution in [2.24, 2.45) is 69.0 Å². The largest absolute Gasteiger partial charge is 0.395 e. The van der Waals surface area contributed by atoms with Crippen LogP contribution in [0.15, 0.2) is 0 Å². The van der Waals surface area contributed by atoms with E-state index in [1.165, 1.54) is 0 Å². The molecule has 0 aromatic heterocycles. The maximum absolute atomic E-state index is 13.3. The van der Waals surface area contributed by atoms with Gasteiger partial charge in [-0.3, -0.25) is 28.8 Å². The molecule has 62 heavy (non-hydrogen) atoms. The molecule has 8 atom stereocenters. The zero-order valence-corrected chi connectivity index (χ0v) is 36.9. The third kappa shape index (κ3) is 10.4. The van der Waals surface area contributed by atoms with E-state index in [1.807, 2.05) is 0 Å². The van der Waals surface area contributed by atoms with Crippen LogP contribution < -0.4 is 0 Å². The molecule has 14 heteroatoms. The predicted octanol–water partition coefficient (Wildman–Crippen LogP) is 2.86. The molecule has 0 aliphatic heterocycles. The summed E-state index contributed by atoms with van der Waals surface area (Å²) in [5, 5.41) is 77.6. The zero-order valence-electron chi connectivity index (χ0n) is 36.9. The number of carbonyl (C=O) groups is 6. The van der Waals surface area contributed by atoms with Gasteiger partial charge in [0, 0.05) is 47.3 Å². The molecule has 8 unspecified atom stereocenters. The van der Waals surface area contributed by atoms with Gasteiger partial charge in [-0.15, -0.1) is 0 Å². The van der Waals surface area contributed by atoms with Crippen molar-refractivity contribution < 1.29 is 69.6 Å². The molecule has 14 nitrogen and oxygen atoms in total. The van der Waals surface area contributed by atoms with E-state index < -0.39 is 21.7 Å². The van der Waals surface area contributed by atoms with Gasteiger partial charge in [0.1, 0.15) is 34.7 Å². The van der Waals surface area contributed by atoms with E-state index in [0.29, 0.717) is 77.0 Å². The molecule has 0 aromatic rings. The van der Waals surface area contributed by atoms with Gasteiger partial charge in [-0.05, 0) is 103 Å². The van der Waals surface area contributed by atoms with Crippen molar-refractivity contribution in [1.29, 1.82) is 0 Å². The summed E-state index contributed by atoms with van der Waals surface area (Å²) in [7, 11) is 0. The minimum absolute atomic E-state index is 0.114. The molecule has 0 saturated heterocycles. The van der Waals surface area contributed by atoms with Crippen LogP contribution in [0, 0.1) is 69.0 Å². The minimum atomic E-state index is -1.08. The van der Waals surface area contributed by atoms with Crippen molar-refractivity contribution in [2.45, 2.75) is 141 Å². The highest BCUT2D eigenvalue weighted by molar-refractivity contribution is 5.92. The summed E-state index contributed by atoms with van der Waals surface area (Å²) in [5.41, 5.74) is -4.31. The smallest absolute Gasteiger partial charge is 0.146 e. The summed E-state index contributed by atoms with van der Waals surface area (Å²) >= 11 is 0. The Hall–Kier alpha value is -2.30. The Bertz CT molecular complexity index is 1340. The van der Waals surface area contributed by atoms with E-state index in [4.69, 9.17) is 0 Å². The van der Waals surface area contributed by atoms with Crippen molar-refractivity contribution in [1.82, 2.24) is 0 Å². The molecule has 0 aromatic carbocycles. The number of hydrogen-bond donors (Lipinski definition) is 8. The maximum atomic E-state index is 13.3. The van der Waals surface area contributed by atoms with E-state index >= 15 is 0 Å². The average Bonchev–Trinajstić information content (AvgIpc) is 3.29. The Balaban J connectivity index is 0.000000234. The van der Waals surface area contributed by atoms with Gasteiger partial charge in [0.25, 0.3) is 0 Å². The van der Waals surface area contributed by atoms with E-state index in [2.05, 4.69) is 0 Å². The van der Waals surface area contributed by atoms with Crippen molar-refractivity contribution in [3.63, 3.8) is 0 Å². The summed E-state index contributed by atoms with van der Waals surface area (Å²) < 4.78 is 0. The summed E-state index contributed by atoms with van der Waals surface area (Å²) in [6.07, 6.45) is 14.2. The lowest BCUT2D eigenvalue weighted by Gasteiger charge is -2.40. The first-order valence-corrected chi connectivity index (χ1v) is 23.8. The molecule has 6 saturated carbocycles. The minimum Gasteiger partial charge on any atom is -0.395 e. The molecule has 6 rings (SSSR count). The summed E-state index contributed by atoms with van der Waals surface area (Å²) in [6, 6.07) is 0. The van der Waals surface area contributed by atoms with Crippen LogP contribution in [0.3, 0.4) is 0 Å². The third-order valence-corrected chi connectivity index (χ3v) is 16.9. The number of aliphatic hydroxyl groups is 8. The van der Waals surface area contributed by atoms with Crippen LogP contribution in [0.4, 0.5) is 0 Å². The SMILES string of the molecule is O=C1C(CC2CCCC(CO)(CO)C2=O)CCCC1CC1CCCC(CO)(CO)C1=O.O=C1C(CC2CCCC(CO)(CO)C2=O)CCCC1CC1CCCC(CO)(CO)C1=O. The fourth-order valence-electron chi connectivity index (χ4n) is 12.6. The molecular formula is C48H76O14. The quantitative estimate of drug-likeness (QED) is 0.111. The summed E-state index contributed by atoms with van der Waals surface area (Å²) in [6.45, 7) is -2.88. The second kappa shape index (κ2) is 22.3. The van der Waals surface area contributed by atoms with Gasteiger partial charge in [-0.2, -0.15) is 0 Å². The molecule has 0 amide bonds. The highest BCUT2D eigenvalue weighted by Crippen LogP contribution is 2.46. The number of rotatable bonds is 16. The number of aliphatic hydroxyl groups excluding tert-OH is 8. The van der Waals surface area contributed by atoms with Crippen LogP contribution in [-0.2, 0) is 28.8 Å². The molecule has 0 heterocycles. The lowest BCUT2D eigenvalue weighted by Crippen LogP contribution is -2.47. The zero-order chi connectivity index (χ0) is 45.3. The topological polar surface area (TPSA) is 264 Å². The molecule has 6 fully saturated rings. The first-order chi connectivity index (χ1) is 29.7. The van der Waals surface area contributed by atoms with Crippen LogP contribution in [-0.4, -0.2) is 128 Å². The molecule has 352 valence electrons. The van der Waals surface area contributed by atoms with Crippen molar-refractivity contribution in [3.05, 3.63) is 0 Å². The number of hydrogen-bond acceptors (Lipinski definition) is 14. The van der Waals surface area contributed by atoms with Crippen LogP contribution >= 0.6 is 0 Å². The molecule has 0 spiro atoms. The van der Waals surface area contributed by atoms with Gasteiger partial charge in [0.2, 0.25) is 0 Å². The predicted molar refractivity (Wildman–Crippen MR) is 226 cm³/mol. The van der Waals surface area contributed by atoms with Crippen LogP contribution in [0.5, 0.6) is 0 Å². The maximum Gasteiger partial charge on any atom is 0.146 e. The van der Waals surface area contributed by atoms with Gasteiger partial charge < -0.3 is 40.9 Å². The van der Waals surface area contributed by atoms with E-state index in [0.717, 1.165) is 64.2 Å². The highest BCUT2D eigenvalue weighted by atomic mass is 16.3. The lowest BCUT2D eigenvalue weighted by atomic mass is 9.63. The lowest BCUT2D eigenvalue weighted by molar-refractivity contribution is -0.146. The van der Waals surface area contributed by atoms with Crippen molar-refractivity contribution in [3.8, 4) is 0 Å². The van der Waals surface area contributed by atoms with Gasteiger partial charge >= 0.3 is 0 Å². The molecule has 6 aliphatic rings. The Morgan fingerprint density at radius 3 is 0.645 bits per heavy atom. The normalized spacial score (nSPS) is 33.5. The molecule has 0 bridgehead atoms. The summed E-state index contributed by atoms with van der Waals surface area (Å²) in [4.78, 5) is 78.3. The Labute approximate surface area is 366 Å². The first-order valence-electron chi connectivity index (χ1n) is 23.8. The standard InChI is InChI=1S/2C24H38O7/c2*25-12-23(13-26)8-2-6-18(21(23)30)10-16-4-1-5-17(20(16)29)11-19-7-3-9-24(14-27,15-28)22(19)31/h2*16-19,25-28H,1-15H2. The number of carbonyl (C=O) groups excluding carboxylic acids is 6. The van der Waals surface area contributed by atoms with Gasteiger partial charge in [0.15, 0.2) is 0 Å². The molecule has 6 aliphatic carbocycles. The van der Waals surface area contributed by atoms with Gasteiger partial charge in [-0.25, -0.2) is 0 Å². The van der Waals surface area contributed by atoms with E-state index in [1.54, 1.807) is 0 Å². The van der Waals surface area contributed by atoms with Crippen molar-refractivity contribution in [2.75, 3.05) is 52.9 Å². The second-order valence-corrected chi connectivity index (χ2v) is 20.6. The van der Waals surface area contributed by atoms with E-state index in [-0.39, 0.29) is 135 Å². The van der Waals surface area contributed by atoms with Crippen molar-refractivity contribution >= 4 is 34.7 Å². The number of ketones is 6. The summed E-state index contributed by atoms with van der Waals surface area (Å²) in [5.74, 6) is -2.34. The highest BCUT2D eigenvalue weighted by Gasteiger charge is 2.50. The van der Waals surface area contributed by atoms with E-state index in [9.17, 15) is 69.6 Å². The molecule has 8 N–H and O–H groups in total. The Morgan fingerprint density at radius 1 is 0.290 bits per heavy atom. The first kappa shape index (κ1) is 50.7. The third-order valence-electron chi connectivity index (χ3n) is 16.9. The van der Waals surface area contributed by atoms with Crippen LogP contribution in [0.25, 0.3) is 0 Å². The Morgan fingerprint density at radius 2 is 0.468 bits per heavy atom. The number of Topliss-reactive ketones (excluding diaryl/α,β-unsaturated/α-hetero) is 6. The van der Waals surface area contributed by atoms with Crippen LogP contribution in [0.1, 0.15) is 141 Å². The average molecular weight is 877 g/mol. The fraction of sp³-hybridized carbons (Fsp3) is 0.875. The Kier molecular flexibility index (Phi) is 18.2.